The summed E-state index contributed by atoms with van der Waals surface area (Å²) in [5.41, 5.74) is 9.04. The summed E-state index contributed by atoms with van der Waals surface area (Å²) in [7, 11) is 0. The van der Waals surface area contributed by atoms with Crippen LogP contribution in [-0.4, -0.2) is 54.4 Å². The summed E-state index contributed by atoms with van der Waals surface area (Å²) < 4.78 is 6.11. The number of ether oxygens (including phenoxy) is 1. The fourth-order valence-electron chi connectivity index (χ4n) is 5.92. The smallest absolute Gasteiger partial charge is 0.238 e. The molecular formula is C32H35N3O2. The molecule has 1 fully saturated rings. The number of piperazine rings is 1. The third-order valence-corrected chi connectivity index (χ3v) is 7.84. The molecule has 0 unspecified atom stereocenters. The van der Waals surface area contributed by atoms with Crippen LogP contribution < -0.4 is 9.64 Å². The van der Waals surface area contributed by atoms with Gasteiger partial charge in [-0.1, -0.05) is 60.7 Å². The van der Waals surface area contributed by atoms with E-state index in [0.717, 1.165) is 55.6 Å². The van der Waals surface area contributed by atoms with Crippen molar-refractivity contribution in [3.8, 4) is 5.88 Å². The van der Waals surface area contributed by atoms with Crippen molar-refractivity contribution in [2.75, 3.05) is 44.3 Å². The number of nitrogens with zero attached hydrogens (tertiary/aromatic N) is 3. The van der Waals surface area contributed by atoms with E-state index in [1.807, 2.05) is 0 Å². The summed E-state index contributed by atoms with van der Waals surface area (Å²) in [6, 6.07) is 26.9. The van der Waals surface area contributed by atoms with Crippen LogP contribution in [0, 0.1) is 6.92 Å². The highest BCUT2D eigenvalue weighted by Crippen LogP contribution is 2.38. The number of fused-ring (bicyclic) bond motifs is 3. The zero-order valence-corrected chi connectivity index (χ0v) is 21.6. The number of hydrogen-bond donors (Lipinski definition) is 1. The van der Waals surface area contributed by atoms with Crippen LogP contribution in [0.25, 0.3) is 10.9 Å². The molecule has 5 nitrogen and oxygen atoms in total. The molecule has 1 N–H and O–H groups in total. The summed E-state index contributed by atoms with van der Waals surface area (Å²) in [6.07, 6.45) is 2.79. The Bertz CT molecular complexity index is 1350. The molecule has 0 atom stereocenters. The van der Waals surface area contributed by atoms with E-state index in [-0.39, 0.29) is 12.6 Å². The maximum absolute atomic E-state index is 9.27. The average Bonchev–Trinajstić information content (AvgIpc) is 3.10. The predicted octanol–water partition coefficient (Wildman–Crippen LogP) is 5.31. The van der Waals surface area contributed by atoms with Crippen molar-refractivity contribution in [3.63, 3.8) is 0 Å². The van der Waals surface area contributed by atoms with Gasteiger partial charge < -0.3 is 14.7 Å². The minimum atomic E-state index is 0.116. The van der Waals surface area contributed by atoms with Crippen LogP contribution in [0.5, 0.6) is 5.88 Å². The van der Waals surface area contributed by atoms with E-state index in [2.05, 4.69) is 89.5 Å². The standard InChI is InChI=1S/C32H35N3O2/c1-23-11-12-26-22-30(32(33-29(26)21-23)37-20-6-19-36)34-15-17-35(18-16-34)31-27-9-4-2-7-24(27)13-14-25-8-3-5-10-28(25)31/h2-5,7-12,21-22,31,36H,6,13-20H2,1H3. The zero-order valence-electron chi connectivity index (χ0n) is 21.6. The third kappa shape index (κ3) is 4.81. The van der Waals surface area contributed by atoms with Crippen molar-refractivity contribution < 1.29 is 9.84 Å². The van der Waals surface area contributed by atoms with Gasteiger partial charge in [0.2, 0.25) is 5.88 Å². The van der Waals surface area contributed by atoms with Crippen LogP contribution >= 0.6 is 0 Å². The zero-order chi connectivity index (χ0) is 25.2. The summed E-state index contributed by atoms with van der Waals surface area (Å²) in [6.45, 7) is 6.43. The van der Waals surface area contributed by atoms with Crippen molar-refractivity contribution >= 4 is 16.6 Å². The van der Waals surface area contributed by atoms with Crippen LogP contribution in [-0.2, 0) is 12.8 Å². The molecule has 0 saturated carbocycles. The highest BCUT2D eigenvalue weighted by Gasteiger charge is 2.31. The van der Waals surface area contributed by atoms with E-state index < -0.39 is 0 Å². The molecule has 4 aromatic rings. The summed E-state index contributed by atoms with van der Waals surface area (Å²) in [5, 5.41) is 10.4. The number of aryl methyl sites for hydroxylation is 3. The minimum Gasteiger partial charge on any atom is -0.476 e. The first-order chi connectivity index (χ1) is 18.2. The average molecular weight is 494 g/mol. The van der Waals surface area contributed by atoms with Gasteiger partial charge >= 0.3 is 0 Å². The fourth-order valence-corrected chi connectivity index (χ4v) is 5.92. The second-order valence-corrected chi connectivity index (χ2v) is 10.3. The Balaban J connectivity index is 1.29. The van der Waals surface area contributed by atoms with Gasteiger partial charge in [0.1, 0.15) is 5.69 Å². The van der Waals surface area contributed by atoms with Crippen molar-refractivity contribution in [1.29, 1.82) is 0 Å². The van der Waals surface area contributed by atoms with Gasteiger partial charge in [-0.2, -0.15) is 0 Å². The van der Waals surface area contributed by atoms with Gasteiger partial charge in [-0.15, -0.1) is 0 Å². The first-order valence-electron chi connectivity index (χ1n) is 13.5. The molecule has 1 aliphatic heterocycles. The number of aliphatic hydroxyl groups is 1. The molecular weight excluding hydrogens is 458 g/mol. The predicted molar refractivity (Wildman–Crippen MR) is 150 cm³/mol. The monoisotopic (exact) mass is 493 g/mol. The van der Waals surface area contributed by atoms with Crippen LogP contribution in [0.4, 0.5) is 5.69 Å². The molecule has 5 heteroatoms. The van der Waals surface area contributed by atoms with Gasteiger partial charge in [0.05, 0.1) is 18.2 Å². The quantitative estimate of drug-likeness (QED) is 0.369. The van der Waals surface area contributed by atoms with E-state index in [4.69, 9.17) is 9.72 Å². The highest BCUT2D eigenvalue weighted by molar-refractivity contribution is 5.84. The summed E-state index contributed by atoms with van der Waals surface area (Å²) in [4.78, 5) is 9.98. The van der Waals surface area contributed by atoms with Crippen LogP contribution in [0.2, 0.25) is 0 Å². The molecule has 0 radical (unpaired) electrons. The lowest BCUT2D eigenvalue weighted by Crippen LogP contribution is -2.48. The van der Waals surface area contributed by atoms with E-state index >= 15 is 0 Å². The van der Waals surface area contributed by atoms with Crippen LogP contribution in [0.1, 0.15) is 40.3 Å². The van der Waals surface area contributed by atoms with Crippen molar-refractivity contribution in [2.45, 2.75) is 32.2 Å². The molecule has 0 bridgehead atoms. The lowest BCUT2D eigenvalue weighted by Gasteiger charge is -2.41. The number of hydrogen-bond acceptors (Lipinski definition) is 5. The van der Waals surface area contributed by atoms with Crippen molar-refractivity contribution in [1.82, 2.24) is 9.88 Å². The van der Waals surface area contributed by atoms with E-state index in [1.54, 1.807) is 0 Å². The molecule has 37 heavy (non-hydrogen) atoms. The normalized spacial score (nSPS) is 16.3. The van der Waals surface area contributed by atoms with Crippen molar-refractivity contribution in [2.24, 2.45) is 0 Å². The highest BCUT2D eigenvalue weighted by atomic mass is 16.5. The first kappa shape index (κ1) is 24.0. The number of benzene rings is 3. The number of aromatic nitrogens is 1. The summed E-state index contributed by atoms with van der Waals surface area (Å²) >= 11 is 0. The van der Waals surface area contributed by atoms with Gasteiger partial charge in [0.25, 0.3) is 0 Å². The Morgan fingerprint density at radius 1 is 0.865 bits per heavy atom. The van der Waals surface area contributed by atoms with Crippen LogP contribution in [0.3, 0.4) is 0 Å². The first-order valence-corrected chi connectivity index (χ1v) is 13.5. The number of pyridine rings is 1. The van der Waals surface area contributed by atoms with Gasteiger partial charge in [-0.25, -0.2) is 4.98 Å². The molecule has 3 aromatic carbocycles. The summed E-state index contributed by atoms with van der Waals surface area (Å²) in [5.74, 6) is 0.671. The Kier molecular flexibility index (Phi) is 6.81. The Labute approximate surface area is 219 Å². The third-order valence-electron chi connectivity index (χ3n) is 7.84. The lowest BCUT2D eigenvalue weighted by atomic mass is 9.92. The molecule has 6 rings (SSSR count). The molecule has 2 aliphatic rings. The maximum Gasteiger partial charge on any atom is 0.238 e. The molecule has 1 aromatic heterocycles. The Hall–Kier alpha value is -3.41. The molecule has 1 saturated heterocycles. The fraction of sp³-hybridized carbons (Fsp3) is 0.344. The van der Waals surface area contributed by atoms with E-state index in [0.29, 0.717) is 18.9 Å². The number of anilines is 1. The van der Waals surface area contributed by atoms with Crippen molar-refractivity contribution in [3.05, 3.63) is 101 Å². The topological polar surface area (TPSA) is 48.8 Å². The van der Waals surface area contributed by atoms with E-state index in [9.17, 15) is 5.11 Å². The van der Waals surface area contributed by atoms with Crippen LogP contribution in [0.15, 0.2) is 72.8 Å². The van der Waals surface area contributed by atoms with E-state index in [1.165, 1.54) is 27.8 Å². The molecule has 0 amide bonds. The maximum atomic E-state index is 9.27. The molecule has 190 valence electrons. The number of aliphatic hydroxyl groups excluding tert-OH is 1. The SMILES string of the molecule is Cc1ccc2cc(N3CCN(C4c5ccccc5CCc5ccccc54)CC3)c(OCCCO)nc2c1. The molecule has 1 aliphatic carbocycles. The van der Waals surface area contributed by atoms with Gasteiger partial charge in [0.15, 0.2) is 0 Å². The second kappa shape index (κ2) is 10.5. The largest absolute Gasteiger partial charge is 0.476 e. The lowest BCUT2D eigenvalue weighted by molar-refractivity contribution is 0.209. The molecule has 0 spiro atoms. The molecule has 2 heterocycles. The number of rotatable bonds is 6. The van der Waals surface area contributed by atoms with Gasteiger partial charge in [0, 0.05) is 44.6 Å². The Morgan fingerprint density at radius 3 is 2.22 bits per heavy atom. The second-order valence-electron chi connectivity index (χ2n) is 10.3. The Morgan fingerprint density at radius 2 is 1.54 bits per heavy atom. The minimum absolute atomic E-state index is 0.116. The van der Waals surface area contributed by atoms with Gasteiger partial charge in [-0.3, -0.25) is 4.90 Å². The van der Waals surface area contributed by atoms with Gasteiger partial charge in [-0.05, 0) is 59.7 Å².